The Morgan fingerprint density at radius 1 is 0.889 bits per heavy atom. The Kier molecular flexibility index (Phi) is 5.41. The Hall–Kier alpha value is 2.26. The number of rotatable bonds is 2. The zero-order valence-corrected chi connectivity index (χ0v) is 13.6. The van der Waals surface area contributed by atoms with Crippen molar-refractivity contribution in [3.05, 3.63) is 0 Å². The first-order valence-corrected chi connectivity index (χ1v) is 23.2. The number of halogens is 2. The summed E-state index contributed by atoms with van der Waals surface area (Å²) in [6.45, 7) is 9.48. The molecular formula is C6H14I2Sn. The fourth-order valence-corrected chi connectivity index (χ4v) is 4.47. The van der Waals surface area contributed by atoms with Gasteiger partial charge in [0.05, 0.1) is 0 Å². The fourth-order valence-electron chi connectivity index (χ4n) is 0.667. The van der Waals surface area contributed by atoms with Crippen molar-refractivity contribution < 1.29 is 0 Å². The molecule has 0 fully saturated rings. The molecule has 0 nitrogen and oxygen atoms in total. The SMILES string of the molecule is C[CH](C)[Sn]([I])([I])[CH](C)C. The first-order chi connectivity index (χ1) is 3.89. The summed E-state index contributed by atoms with van der Waals surface area (Å²) < 4.78 is 1.95. The third-order valence-electron chi connectivity index (χ3n) is 1.54. The van der Waals surface area contributed by atoms with E-state index in [9.17, 15) is 0 Å². The second-order valence-electron chi connectivity index (χ2n) is 2.98. The molecule has 0 radical (unpaired) electrons. The average molecular weight is 459 g/mol. The van der Waals surface area contributed by atoms with Gasteiger partial charge in [-0.2, -0.15) is 0 Å². The molecule has 0 saturated carbocycles. The average Bonchev–Trinajstić information content (AvgIpc) is 1.65. The molecule has 0 aliphatic heterocycles. The second kappa shape index (κ2) is 4.33. The van der Waals surface area contributed by atoms with E-state index in [1.165, 1.54) is 0 Å². The molecule has 0 saturated heterocycles. The van der Waals surface area contributed by atoms with Crippen LogP contribution in [0.25, 0.3) is 0 Å². The van der Waals surface area contributed by atoms with Gasteiger partial charge in [-0.3, -0.25) is 0 Å². The van der Waals surface area contributed by atoms with Gasteiger partial charge in [-0.1, -0.05) is 0 Å². The third-order valence-corrected chi connectivity index (χ3v) is 43.8. The summed E-state index contributed by atoms with van der Waals surface area (Å²) in [4.78, 5) is 0. The van der Waals surface area contributed by atoms with E-state index in [4.69, 9.17) is 0 Å². The van der Waals surface area contributed by atoms with Crippen LogP contribution in [0.3, 0.4) is 0 Å². The van der Waals surface area contributed by atoms with Gasteiger partial charge < -0.3 is 0 Å². The van der Waals surface area contributed by atoms with E-state index < -0.39 is 10.4 Å². The molecule has 3 heteroatoms. The van der Waals surface area contributed by atoms with Gasteiger partial charge in [0.2, 0.25) is 0 Å². The van der Waals surface area contributed by atoms with E-state index in [0.717, 1.165) is 7.87 Å². The van der Waals surface area contributed by atoms with E-state index in [0.29, 0.717) is 0 Å². The van der Waals surface area contributed by atoms with Crippen molar-refractivity contribution >= 4 is 47.7 Å². The summed E-state index contributed by atoms with van der Waals surface area (Å²) in [5, 5.41) is 0. The first kappa shape index (κ1) is 11.3. The van der Waals surface area contributed by atoms with Crippen LogP contribution in [0, 0.1) is 0 Å². The molecule has 0 N–H and O–H groups in total. The molecule has 0 aliphatic carbocycles. The van der Waals surface area contributed by atoms with Crippen molar-refractivity contribution in [1.82, 2.24) is 0 Å². The zero-order valence-electron chi connectivity index (χ0n) is 6.41. The maximum atomic E-state index is 2.75. The molecule has 0 spiro atoms. The number of hydrogen-bond acceptors (Lipinski definition) is 0. The van der Waals surface area contributed by atoms with E-state index in [1.54, 1.807) is 0 Å². The molecule has 0 aromatic carbocycles. The summed E-state index contributed by atoms with van der Waals surface area (Å²) in [6.07, 6.45) is 0. The van der Waals surface area contributed by atoms with Crippen molar-refractivity contribution in [1.29, 1.82) is 0 Å². The van der Waals surface area contributed by atoms with E-state index in [-0.39, 0.29) is 0 Å². The summed E-state index contributed by atoms with van der Waals surface area (Å²) in [7, 11) is -1.61. The van der Waals surface area contributed by atoms with Crippen LogP contribution >= 0.6 is 37.3 Å². The van der Waals surface area contributed by atoms with Crippen LogP contribution < -0.4 is 0 Å². The quantitative estimate of drug-likeness (QED) is 0.431. The van der Waals surface area contributed by atoms with Crippen LogP contribution in [-0.4, -0.2) is 10.4 Å². The molecule has 0 heterocycles. The standard InChI is InChI=1S/2C3H7.2HI.Sn/c2*1-3-2;;;/h2*3H,1-2H3;2*1H;/q;;;;+2/p-2. The first-order valence-electron chi connectivity index (χ1n) is 3.26. The molecule has 0 unspecified atom stereocenters. The van der Waals surface area contributed by atoms with Crippen LogP contribution in [0.4, 0.5) is 0 Å². The zero-order chi connectivity index (χ0) is 7.65. The van der Waals surface area contributed by atoms with E-state index in [2.05, 4.69) is 65.0 Å². The van der Waals surface area contributed by atoms with Crippen LogP contribution in [0.5, 0.6) is 0 Å². The van der Waals surface area contributed by atoms with Crippen molar-refractivity contribution in [2.45, 2.75) is 35.6 Å². The topological polar surface area (TPSA) is 0 Å². The summed E-state index contributed by atoms with van der Waals surface area (Å²) >= 11 is 5.50. The van der Waals surface area contributed by atoms with Crippen LogP contribution in [-0.2, 0) is 0 Å². The Labute approximate surface area is 81.8 Å². The monoisotopic (exact) mass is 460 g/mol. The molecule has 0 rings (SSSR count). The molecule has 0 amide bonds. The van der Waals surface area contributed by atoms with Gasteiger partial charge in [0.25, 0.3) is 0 Å². The van der Waals surface area contributed by atoms with E-state index >= 15 is 0 Å². The van der Waals surface area contributed by atoms with Crippen molar-refractivity contribution in [2.75, 3.05) is 0 Å². The molecule has 9 heavy (non-hydrogen) atoms. The molecular weight excluding hydrogens is 445 g/mol. The van der Waals surface area contributed by atoms with Gasteiger partial charge in [-0.05, 0) is 0 Å². The summed E-state index contributed by atoms with van der Waals surface area (Å²) in [6, 6.07) is 0. The van der Waals surface area contributed by atoms with Gasteiger partial charge in [0.15, 0.2) is 0 Å². The Morgan fingerprint density at radius 3 is 1.11 bits per heavy atom. The molecule has 0 aromatic rings. The Bertz CT molecular complexity index is 79.1. The van der Waals surface area contributed by atoms with E-state index in [1.807, 2.05) is 0 Å². The van der Waals surface area contributed by atoms with Crippen molar-refractivity contribution in [2.24, 2.45) is 0 Å². The molecule has 0 aliphatic rings. The predicted molar refractivity (Wildman–Crippen MR) is 64.0 cm³/mol. The molecule has 56 valence electrons. The second-order valence-corrected chi connectivity index (χ2v) is 51.2. The predicted octanol–water partition coefficient (Wildman–Crippen LogP) is 4.12. The van der Waals surface area contributed by atoms with Crippen molar-refractivity contribution in [3.63, 3.8) is 0 Å². The maximum absolute atomic E-state index is 2.75. The minimum atomic E-state index is -1.61. The van der Waals surface area contributed by atoms with Crippen molar-refractivity contribution in [3.8, 4) is 0 Å². The van der Waals surface area contributed by atoms with Crippen LogP contribution in [0.1, 0.15) is 27.7 Å². The Morgan fingerprint density at radius 2 is 1.11 bits per heavy atom. The van der Waals surface area contributed by atoms with Gasteiger partial charge >= 0.3 is 83.3 Å². The van der Waals surface area contributed by atoms with Gasteiger partial charge in [-0.25, -0.2) is 0 Å². The molecule has 0 atom stereocenters. The third kappa shape index (κ3) is 3.44. The van der Waals surface area contributed by atoms with Gasteiger partial charge in [0.1, 0.15) is 0 Å². The van der Waals surface area contributed by atoms with Gasteiger partial charge in [-0.15, -0.1) is 0 Å². The van der Waals surface area contributed by atoms with Crippen LogP contribution in [0.15, 0.2) is 0 Å². The minimum absolute atomic E-state index is 0.973. The van der Waals surface area contributed by atoms with Crippen LogP contribution in [0.2, 0.25) is 7.87 Å². The number of hydrogen-bond donors (Lipinski definition) is 0. The van der Waals surface area contributed by atoms with Gasteiger partial charge in [0, 0.05) is 0 Å². The summed E-state index contributed by atoms with van der Waals surface area (Å²) in [5.41, 5.74) is 0. The Balaban J connectivity index is 4.01. The normalized spacial score (nSPS) is 13.3. The summed E-state index contributed by atoms with van der Waals surface area (Å²) in [5.74, 6) is 0. The molecule has 0 bridgehead atoms. The fraction of sp³-hybridized carbons (Fsp3) is 1.00. The molecule has 0 aromatic heterocycles.